The molecule has 0 spiro atoms. The highest BCUT2D eigenvalue weighted by Gasteiger charge is 2.09. The number of anilines is 1. The van der Waals surface area contributed by atoms with Gasteiger partial charge in [0.15, 0.2) is 0 Å². The Morgan fingerprint density at radius 2 is 2.11 bits per heavy atom. The molecule has 0 atom stereocenters. The van der Waals surface area contributed by atoms with Crippen LogP contribution in [0.15, 0.2) is 43.2 Å². The Hall–Kier alpha value is -2.23. The summed E-state index contributed by atoms with van der Waals surface area (Å²) in [5.41, 5.74) is 7.85. The third kappa shape index (κ3) is 2.96. The molecule has 19 heavy (non-hydrogen) atoms. The number of ether oxygens (including phenoxy) is 1. The Balaban J connectivity index is 2.19. The summed E-state index contributed by atoms with van der Waals surface area (Å²) in [7, 11) is 0. The maximum atomic E-state index is 6.06. The third-order valence-corrected chi connectivity index (χ3v) is 2.80. The van der Waals surface area contributed by atoms with E-state index in [-0.39, 0.29) is 0 Å². The van der Waals surface area contributed by atoms with Gasteiger partial charge in [-0.05, 0) is 30.7 Å². The maximum Gasteiger partial charge on any atom is 0.131 e. The Kier molecular flexibility index (Phi) is 4.23. The number of aromatic nitrogens is 2. The van der Waals surface area contributed by atoms with Gasteiger partial charge in [0.05, 0.1) is 12.9 Å². The molecular weight excluding hydrogens is 238 g/mol. The summed E-state index contributed by atoms with van der Waals surface area (Å²) in [6.07, 6.45) is 4.53. The molecule has 0 bridgehead atoms. The molecule has 0 amide bonds. The van der Waals surface area contributed by atoms with Gasteiger partial charge in [0.2, 0.25) is 0 Å². The smallest absolute Gasteiger partial charge is 0.131 e. The van der Waals surface area contributed by atoms with Gasteiger partial charge < -0.3 is 15.0 Å². The number of nitrogen functional groups attached to an aromatic ring is 1. The number of hydrogen-bond acceptors (Lipinski definition) is 3. The summed E-state index contributed by atoms with van der Waals surface area (Å²) in [5, 5.41) is 0. The van der Waals surface area contributed by atoms with E-state index in [4.69, 9.17) is 10.5 Å². The van der Waals surface area contributed by atoms with Gasteiger partial charge in [-0.2, -0.15) is 0 Å². The zero-order valence-corrected chi connectivity index (χ0v) is 11.2. The lowest BCUT2D eigenvalue weighted by Crippen LogP contribution is -2.00. The molecule has 1 aromatic heterocycles. The van der Waals surface area contributed by atoms with E-state index >= 15 is 0 Å². The molecular formula is C15H19N3O. The molecule has 0 unspecified atom stereocenters. The van der Waals surface area contributed by atoms with Crippen molar-refractivity contribution in [3.05, 3.63) is 43.2 Å². The second kappa shape index (κ2) is 6.09. The number of imidazole rings is 1. The van der Waals surface area contributed by atoms with Crippen LogP contribution in [0.3, 0.4) is 0 Å². The second-order valence-corrected chi connectivity index (χ2v) is 4.29. The lowest BCUT2D eigenvalue weighted by Gasteiger charge is -2.06. The number of hydrogen-bond donors (Lipinski definition) is 1. The molecule has 100 valence electrons. The summed E-state index contributed by atoms with van der Waals surface area (Å²) >= 11 is 0. The highest BCUT2D eigenvalue weighted by atomic mass is 16.5. The predicted octanol–water partition coefficient (Wildman–Crippen LogP) is 3.11. The van der Waals surface area contributed by atoms with Crippen LogP contribution in [-0.2, 0) is 6.54 Å². The van der Waals surface area contributed by atoms with Crippen LogP contribution in [0.4, 0.5) is 5.82 Å². The first-order chi connectivity index (χ1) is 9.26. The number of nitrogens with zero attached hydrogens (tertiary/aromatic N) is 2. The van der Waals surface area contributed by atoms with E-state index in [0.717, 1.165) is 30.0 Å². The van der Waals surface area contributed by atoms with Gasteiger partial charge in [0.25, 0.3) is 0 Å². The average molecular weight is 257 g/mol. The van der Waals surface area contributed by atoms with E-state index < -0.39 is 0 Å². The Morgan fingerprint density at radius 3 is 2.74 bits per heavy atom. The standard InChI is InChI=1S/C15H19N3O/c1-3-9-18-11-17-14(15(18)16)12-5-7-13(8-6-12)19-10-4-2/h3,5-8,11H,1,4,9-10,16H2,2H3. The molecule has 0 saturated heterocycles. The van der Waals surface area contributed by atoms with Gasteiger partial charge in [-0.25, -0.2) is 4.98 Å². The van der Waals surface area contributed by atoms with E-state index in [1.807, 2.05) is 28.8 Å². The van der Waals surface area contributed by atoms with Crippen molar-refractivity contribution in [1.82, 2.24) is 9.55 Å². The minimum absolute atomic E-state index is 0.655. The summed E-state index contributed by atoms with van der Waals surface area (Å²) in [5.74, 6) is 1.52. The van der Waals surface area contributed by atoms with Crippen LogP contribution in [0.5, 0.6) is 5.75 Å². The van der Waals surface area contributed by atoms with Crippen molar-refractivity contribution in [1.29, 1.82) is 0 Å². The fraction of sp³-hybridized carbons (Fsp3) is 0.267. The molecule has 2 rings (SSSR count). The third-order valence-electron chi connectivity index (χ3n) is 2.80. The van der Waals surface area contributed by atoms with Crippen molar-refractivity contribution >= 4 is 5.82 Å². The van der Waals surface area contributed by atoms with Crippen molar-refractivity contribution in [3.8, 4) is 17.0 Å². The molecule has 2 N–H and O–H groups in total. The van der Waals surface area contributed by atoms with Gasteiger partial charge in [-0.3, -0.25) is 0 Å². The SMILES string of the molecule is C=CCn1cnc(-c2ccc(OCCC)cc2)c1N. The number of nitrogens with two attached hydrogens (primary N) is 1. The minimum atomic E-state index is 0.655. The molecule has 1 aromatic carbocycles. The molecule has 2 aromatic rings. The number of benzene rings is 1. The topological polar surface area (TPSA) is 53.1 Å². The van der Waals surface area contributed by atoms with Crippen LogP contribution in [0.1, 0.15) is 13.3 Å². The van der Waals surface area contributed by atoms with Crippen molar-refractivity contribution in [2.45, 2.75) is 19.9 Å². The first-order valence-corrected chi connectivity index (χ1v) is 6.41. The van der Waals surface area contributed by atoms with Crippen molar-refractivity contribution in [2.75, 3.05) is 12.3 Å². The molecule has 0 aliphatic rings. The zero-order chi connectivity index (χ0) is 13.7. The predicted molar refractivity (Wildman–Crippen MR) is 78.1 cm³/mol. The molecule has 4 nitrogen and oxygen atoms in total. The second-order valence-electron chi connectivity index (χ2n) is 4.29. The fourth-order valence-corrected chi connectivity index (χ4v) is 1.83. The Bertz CT molecular complexity index is 543. The van der Waals surface area contributed by atoms with Gasteiger partial charge >= 0.3 is 0 Å². The highest BCUT2D eigenvalue weighted by molar-refractivity contribution is 5.70. The van der Waals surface area contributed by atoms with Crippen LogP contribution in [0.2, 0.25) is 0 Å². The molecule has 0 aliphatic heterocycles. The monoisotopic (exact) mass is 257 g/mol. The van der Waals surface area contributed by atoms with Crippen LogP contribution >= 0.6 is 0 Å². The Morgan fingerprint density at radius 1 is 1.37 bits per heavy atom. The van der Waals surface area contributed by atoms with E-state index in [1.165, 1.54) is 0 Å². The van der Waals surface area contributed by atoms with E-state index in [2.05, 4.69) is 18.5 Å². The zero-order valence-electron chi connectivity index (χ0n) is 11.2. The largest absolute Gasteiger partial charge is 0.494 e. The molecule has 4 heteroatoms. The van der Waals surface area contributed by atoms with Crippen LogP contribution < -0.4 is 10.5 Å². The molecule has 0 saturated carbocycles. The van der Waals surface area contributed by atoms with Crippen LogP contribution in [-0.4, -0.2) is 16.2 Å². The summed E-state index contributed by atoms with van der Waals surface area (Å²) in [6.45, 7) is 7.18. The van der Waals surface area contributed by atoms with E-state index in [9.17, 15) is 0 Å². The Labute approximate surface area is 113 Å². The first kappa shape index (κ1) is 13.2. The highest BCUT2D eigenvalue weighted by Crippen LogP contribution is 2.26. The maximum absolute atomic E-state index is 6.06. The van der Waals surface area contributed by atoms with Crippen molar-refractivity contribution in [2.24, 2.45) is 0 Å². The van der Waals surface area contributed by atoms with Crippen molar-refractivity contribution in [3.63, 3.8) is 0 Å². The lowest BCUT2D eigenvalue weighted by molar-refractivity contribution is 0.317. The molecule has 0 aliphatic carbocycles. The van der Waals surface area contributed by atoms with Crippen molar-refractivity contribution < 1.29 is 4.74 Å². The minimum Gasteiger partial charge on any atom is -0.494 e. The molecule has 0 fully saturated rings. The summed E-state index contributed by atoms with van der Waals surface area (Å²) in [4.78, 5) is 4.35. The molecule has 0 radical (unpaired) electrons. The van der Waals surface area contributed by atoms with Crippen LogP contribution in [0.25, 0.3) is 11.3 Å². The van der Waals surface area contributed by atoms with Gasteiger partial charge in [0, 0.05) is 12.1 Å². The van der Waals surface area contributed by atoms with E-state index in [1.54, 1.807) is 12.4 Å². The van der Waals surface area contributed by atoms with Gasteiger partial charge in [-0.15, -0.1) is 6.58 Å². The van der Waals surface area contributed by atoms with Crippen LogP contribution in [0, 0.1) is 0 Å². The first-order valence-electron chi connectivity index (χ1n) is 6.41. The average Bonchev–Trinajstić information content (AvgIpc) is 2.79. The summed E-state index contributed by atoms with van der Waals surface area (Å²) in [6, 6.07) is 7.83. The summed E-state index contributed by atoms with van der Waals surface area (Å²) < 4.78 is 7.41. The van der Waals surface area contributed by atoms with Gasteiger partial charge in [-0.1, -0.05) is 13.0 Å². The number of allylic oxidation sites excluding steroid dienone is 1. The number of rotatable bonds is 6. The van der Waals surface area contributed by atoms with Gasteiger partial charge in [0.1, 0.15) is 17.3 Å². The molecule has 1 heterocycles. The quantitative estimate of drug-likeness (QED) is 0.809. The normalized spacial score (nSPS) is 10.4. The fourth-order valence-electron chi connectivity index (χ4n) is 1.83. The van der Waals surface area contributed by atoms with E-state index in [0.29, 0.717) is 12.4 Å². The lowest BCUT2D eigenvalue weighted by atomic mass is 10.1.